The Balaban J connectivity index is 2.82. The molecule has 3 heteroatoms. The molecule has 0 aliphatic rings. The van der Waals surface area contributed by atoms with Crippen molar-refractivity contribution in [1.29, 1.82) is 0 Å². The van der Waals surface area contributed by atoms with E-state index in [-0.39, 0.29) is 5.54 Å². The zero-order chi connectivity index (χ0) is 12.0. The van der Waals surface area contributed by atoms with Gasteiger partial charge in [-0.2, -0.15) is 0 Å². The van der Waals surface area contributed by atoms with Crippen molar-refractivity contribution in [3.8, 4) is 0 Å². The van der Waals surface area contributed by atoms with E-state index in [1.165, 1.54) is 0 Å². The van der Waals surface area contributed by atoms with E-state index in [1.54, 1.807) is 0 Å². The zero-order valence-corrected chi connectivity index (χ0v) is 11.7. The highest BCUT2D eigenvalue weighted by atomic mass is 79.9. The second kappa shape index (κ2) is 6.26. The highest BCUT2D eigenvalue weighted by Crippen LogP contribution is 2.24. The average Bonchev–Trinajstić information content (AvgIpc) is 2.28. The van der Waals surface area contributed by atoms with Crippen molar-refractivity contribution >= 4 is 21.6 Å². The summed E-state index contributed by atoms with van der Waals surface area (Å²) in [6.45, 7) is 5.06. The number of rotatable bonds is 6. The van der Waals surface area contributed by atoms with E-state index in [1.807, 2.05) is 12.1 Å². The summed E-state index contributed by atoms with van der Waals surface area (Å²) in [7, 11) is 0. The predicted molar refractivity (Wildman–Crippen MR) is 74.7 cm³/mol. The van der Waals surface area contributed by atoms with Gasteiger partial charge in [0.1, 0.15) is 0 Å². The Morgan fingerprint density at radius 3 is 2.62 bits per heavy atom. The number of benzene rings is 1. The molecule has 0 heterocycles. The highest BCUT2D eigenvalue weighted by molar-refractivity contribution is 9.10. The lowest BCUT2D eigenvalue weighted by atomic mass is 9.90. The first-order valence-corrected chi connectivity index (χ1v) is 6.69. The van der Waals surface area contributed by atoms with Gasteiger partial charge in [-0.1, -0.05) is 42.3 Å². The van der Waals surface area contributed by atoms with Crippen LogP contribution in [-0.4, -0.2) is 12.1 Å². The van der Waals surface area contributed by atoms with Crippen LogP contribution in [0.1, 0.15) is 33.1 Å². The van der Waals surface area contributed by atoms with Gasteiger partial charge in [0.15, 0.2) is 0 Å². The predicted octanol–water partition coefficient (Wildman–Crippen LogP) is 3.77. The number of halogens is 1. The summed E-state index contributed by atoms with van der Waals surface area (Å²) in [5.41, 5.74) is 7.09. The molecule has 0 saturated carbocycles. The standard InChI is InChI=1S/C13H21BrN2/c1-3-8-13(4-2,10-15)16-12-7-5-6-11(14)9-12/h5-7,9,16H,3-4,8,10,15H2,1-2H3. The molecule has 0 bridgehead atoms. The number of nitrogens with two attached hydrogens (primary N) is 1. The Morgan fingerprint density at radius 2 is 2.12 bits per heavy atom. The normalized spacial score (nSPS) is 14.5. The van der Waals surface area contributed by atoms with Crippen LogP contribution < -0.4 is 11.1 Å². The van der Waals surface area contributed by atoms with Gasteiger partial charge in [0.05, 0.1) is 0 Å². The molecule has 1 aromatic rings. The minimum atomic E-state index is 0.0372. The van der Waals surface area contributed by atoms with Crippen LogP contribution in [0.5, 0.6) is 0 Å². The Morgan fingerprint density at radius 1 is 1.38 bits per heavy atom. The van der Waals surface area contributed by atoms with Crippen molar-refractivity contribution in [2.45, 2.75) is 38.6 Å². The van der Waals surface area contributed by atoms with Crippen LogP contribution in [0.25, 0.3) is 0 Å². The lowest BCUT2D eigenvalue weighted by molar-refractivity contribution is 0.422. The van der Waals surface area contributed by atoms with Crippen LogP contribution in [0, 0.1) is 0 Å². The average molecular weight is 285 g/mol. The third-order valence-corrected chi connectivity index (χ3v) is 3.52. The van der Waals surface area contributed by atoms with Crippen molar-refractivity contribution in [2.75, 3.05) is 11.9 Å². The van der Waals surface area contributed by atoms with Crippen LogP contribution in [0.3, 0.4) is 0 Å². The Bertz CT molecular complexity index is 321. The second-order valence-corrected chi connectivity index (χ2v) is 5.14. The van der Waals surface area contributed by atoms with Crippen molar-refractivity contribution in [3.05, 3.63) is 28.7 Å². The lowest BCUT2D eigenvalue weighted by Gasteiger charge is -2.33. The Labute approximate surface area is 107 Å². The minimum Gasteiger partial charge on any atom is -0.378 e. The van der Waals surface area contributed by atoms with Gasteiger partial charge >= 0.3 is 0 Å². The van der Waals surface area contributed by atoms with E-state index in [2.05, 4.69) is 47.2 Å². The molecule has 1 rings (SSSR count). The van der Waals surface area contributed by atoms with Gasteiger partial charge in [0, 0.05) is 22.2 Å². The Hall–Kier alpha value is -0.540. The third kappa shape index (κ3) is 3.49. The van der Waals surface area contributed by atoms with E-state index < -0.39 is 0 Å². The molecule has 0 spiro atoms. The fourth-order valence-electron chi connectivity index (χ4n) is 1.98. The number of nitrogens with one attached hydrogen (secondary N) is 1. The number of hydrogen-bond donors (Lipinski definition) is 2. The van der Waals surface area contributed by atoms with E-state index in [9.17, 15) is 0 Å². The van der Waals surface area contributed by atoms with E-state index in [0.29, 0.717) is 6.54 Å². The molecule has 1 unspecified atom stereocenters. The fraction of sp³-hybridized carbons (Fsp3) is 0.538. The van der Waals surface area contributed by atoms with Gasteiger partial charge < -0.3 is 11.1 Å². The van der Waals surface area contributed by atoms with Gasteiger partial charge in [0.2, 0.25) is 0 Å². The van der Waals surface area contributed by atoms with Crippen molar-refractivity contribution in [1.82, 2.24) is 0 Å². The molecule has 0 amide bonds. The van der Waals surface area contributed by atoms with E-state index in [4.69, 9.17) is 5.73 Å². The molecule has 16 heavy (non-hydrogen) atoms. The first kappa shape index (κ1) is 13.5. The molecule has 1 aromatic carbocycles. The third-order valence-electron chi connectivity index (χ3n) is 3.03. The summed E-state index contributed by atoms with van der Waals surface area (Å²) in [4.78, 5) is 0. The maximum atomic E-state index is 5.92. The van der Waals surface area contributed by atoms with Crippen molar-refractivity contribution in [2.24, 2.45) is 5.73 Å². The molecular weight excluding hydrogens is 264 g/mol. The quantitative estimate of drug-likeness (QED) is 0.835. The van der Waals surface area contributed by atoms with Crippen molar-refractivity contribution in [3.63, 3.8) is 0 Å². The first-order valence-electron chi connectivity index (χ1n) is 5.89. The van der Waals surface area contributed by atoms with Crippen molar-refractivity contribution < 1.29 is 0 Å². The lowest BCUT2D eigenvalue weighted by Crippen LogP contribution is -2.44. The molecule has 90 valence electrons. The maximum absolute atomic E-state index is 5.92. The van der Waals surface area contributed by atoms with Gasteiger partial charge in [-0.3, -0.25) is 0 Å². The SMILES string of the molecule is CCCC(CC)(CN)Nc1cccc(Br)c1. The topological polar surface area (TPSA) is 38.0 Å². The highest BCUT2D eigenvalue weighted by Gasteiger charge is 2.24. The zero-order valence-electron chi connectivity index (χ0n) is 10.1. The van der Waals surface area contributed by atoms with Crippen LogP contribution in [0.4, 0.5) is 5.69 Å². The second-order valence-electron chi connectivity index (χ2n) is 4.22. The van der Waals surface area contributed by atoms with E-state index >= 15 is 0 Å². The van der Waals surface area contributed by atoms with Crippen LogP contribution >= 0.6 is 15.9 Å². The molecule has 0 fully saturated rings. The smallest absolute Gasteiger partial charge is 0.0493 e. The Kier molecular flexibility index (Phi) is 5.29. The van der Waals surface area contributed by atoms with Gasteiger partial charge in [-0.05, 0) is 31.0 Å². The molecule has 0 radical (unpaired) electrons. The summed E-state index contributed by atoms with van der Waals surface area (Å²) in [5, 5.41) is 3.58. The summed E-state index contributed by atoms with van der Waals surface area (Å²) < 4.78 is 1.09. The maximum Gasteiger partial charge on any atom is 0.0493 e. The molecule has 0 aliphatic heterocycles. The van der Waals surface area contributed by atoms with Crippen LogP contribution in [0.2, 0.25) is 0 Å². The first-order chi connectivity index (χ1) is 7.65. The summed E-state index contributed by atoms with van der Waals surface area (Å²) >= 11 is 3.48. The molecule has 1 atom stereocenters. The summed E-state index contributed by atoms with van der Waals surface area (Å²) in [6, 6.07) is 8.24. The summed E-state index contributed by atoms with van der Waals surface area (Å²) in [5.74, 6) is 0. The minimum absolute atomic E-state index is 0.0372. The molecule has 0 saturated heterocycles. The monoisotopic (exact) mass is 284 g/mol. The van der Waals surface area contributed by atoms with E-state index in [0.717, 1.165) is 29.4 Å². The number of hydrogen-bond acceptors (Lipinski definition) is 2. The largest absolute Gasteiger partial charge is 0.378 e. The van der Waals surface area contributed by atoms with Gasteiger partial charge in [0.25, 0.3) is 0 Å². The van der Waals surface area contributed by atoms with Gasteiger partial charge in [-0.25, -0.2) is 0 Å². The van der Waals surface area contributed by atoms with Crippen LogP contribution in [-0.2, 0) is 0 Å². The fourth-order valence-corrected chi connectivity index (χ4v) is 2.38. The van der Waals surface area contributed by atoms with Gasteiger partial charge in [-0.15, -0.1) is 0 Å². The molecule has 2 nitrogen and oxygen atoms in total. The molecule has 3 N–H and O–H groups in total. The molecule has 0 aliphatic carbocycles. The summed E-state index contributed by atoms with van der Waals surface area (Å²) in [6.07, 6.45) is 3.29. The molecule has 0 aromatic heterocycles. The molecular formula is C13H21BrN2. The number of anilines is 1. The van der Waals surface area contributed by atoms with Crippen LogP contribution in [0.15, 0.2) is 28.7 Å².